The molecule has 2 aliphatic rings. The van der Waals surface area contributed by atoms with Crippen LogP contribution in [0.1, 0.15) is 80.0 Å². The van der Waals surface area contributed by atoms with Gasteiger partial charge in [-0.1, -0.05) is 47.6 Å². The van der Waals surface area contributed by atoms with E-state index in [1.165, 1.54) is 16.0 Å². The van der Waals surface area contributed by atoms with E-state index in [9.17, 15) is 4.79 Å². The molecule has 1 aromatic carbocycles. The maximum Gasteiger partial charge on any atom is 0.182 e. The molecule has 0 atom stereocenters. The number of benzene rings is 1. The molecule has 0 spiro atoms. The number of carbonyl (C=O) groups excluding carboxylic acids is 1. The van der Waals surface area contributed by atoms with Crippen LogP contribution in [0.3, 0.4) is 0 Å². The van der Waals surface area contributed by atoms with Gasteiger partial charge in [-0.15, -0.1) is 11.8 Å². The van der Waals surface area contributed by atoms with E-state index in [0.29, 0.717) is 12.4 Å². The van der Waals surface area contributed by atoms with Gasteiger partial charge in [0.25, 0.3) is 0 Å². The summed E-state index contributed by atoms with van der Waals surface area (Å²) in [6.45, 7) is 14.0. The van der Waals surface area contributed by atoms with Crippen molar-refractivity contribution in [3.8, 4) is 0 Å². The van der Waals surface area contributed by atoms with Crippen LogP contribution in [-0.2, 0) is 23.8 Å². The first kappa shape index (κ1) is 21.1. The van der Waals surface area contributed by atoms with Crippen molar-refractivity contribution in [1.82, 2.24) is 9.88 Å². The zero-order chi connectivity index (χ0) is 21.8. The van der Waals surface area contributed by atoms with Crippen molar-refractivity contribution in [1.29, 1.82) is 5.41 Å². The normalized spacial score (nSPS) is 17.3. The Morgan fingerprint density at radius 1 is 1.27 bits per heavy atom. The summed E-state index contributed by atoms with van der Waals surface area (Å²) in [5.41, 5.74) is 6.10. The number of aryl methyl sites for hydroxylation is 1. The van der Waals surface area contributed by atoms with Crippen LogP contribution in [0.25, 0.3) is 0 Å². The zero-order valence-electron chi connectivity index (χ0n) is 18.8. The van der Waals surface area contributed by atoms with Gasteiger partial charge in [0.1, 0.15) is 11.5 Å². The number of pyridine rings is 1. The van der Waals surface area contributed by atoms with E-state index >= 15 is 0 Å². The minimum absolute atomic E-state index is 0.0230. The first-order valence-corrected chi connectivity index (χ1v) is 11.7. The van der Waals surface area contributed by atoms with Crippen molar-refractivity contribution >= 4 is 23.4 Å². The summed E-state index contributed by atoms with van der Waals surface area (Å²) in [6.07, 6.45) is 0.845. The molecule has 4 nitrogen and oxygen atoms in total. The van der Waals surface area contributed by atoms with Crippen molar-refractivity contribution in [2.75, 3.05) is 12.3 Å². The van der Waals surface area contributed by atoms with Crippen LogP contribution in [0.15, 0.2) is 29.2 Å². The van der Waals surface area contributed by atoms with Crippen LogP contribution >= 0.6 is 11.8 Å². The third kappa shape index (κ3) is 3.58. The van der Waals surface area contributed by atoms with E-state index in [1.54, 1.807) is 0 Å². The van der Waals surface area contributed by atoms with Crippen molar-refractivity contribution < 1.29 is 4.79 Å². The van der Waals surface area contributed by atoms with Gasteiger partial charge in [0.15, 0.2) is 5.78 Å². The van der Waals surface area contributed by atoms with Crippen LogP contribution in [0.5, 0.6) is 0 Å². The van der Waals surface area contributed by atoms with Gasteiger partial charge in [-0.2, -0.15) is 0 Å². The van der Waals surface area contributed by atoms with E-state index in [-0.39, 0.29) is 23.2 Å². The Bertz CT molecular complexity index is 1050. The maximum absolute atomic E-state index is 13.3. The number of hydrogen-bond acceptors (Lipinski definition) is 4. The van der Waals surface area contributed by atoms with E-state index in [4.69, 9.17) is 5.41 Å². The van der Waals surface area contributed by atoms with E-state index in [2.05, 4.69) is 58.7 Å². The molecule has 2 aliphatic heterocycles. The second kappa shape index (κ2) is 7.23. The van der Waals surface area contributed by atoms with Crippen LogP contribution in [0.2, 0.25) is 0 Å². The molecule has 0 bridgehead atoms. The molecule has 158 valence electrons. The number of fused-ring (bicyclic) bond motifs is 2. The van der Waals surface area contributed by atoms with Gasteiger partial charge in [0.05, 0.1) is 6.54 Å². The highest BCUT2D eigenvalue weighted by molar-refractivity contribution is 7.99. The summed E-state index contributed by atoms with van der Waals surface area (Å²) in [5, 5.41) is 8.55. The number of ketones is 1. The summed E-state index contributed by atoms with van der Waals surface area (Å²) < 4.78 is 0. The molecule has 0 radical (unpaired) electrons. The van der Waals surface area contributed by atoms with Gasteiger partial charge in [-0.25, -0.2) is 4.98 Å². The summed E-state index contributed by atoms with van der Waals surface area (Å²) in [5.74, 6) is 1.48. The monoisotopic (exact) mass is 421 g/mol. The second-order valence-electron chi connectivity index (χ2n) is 10.1. The lowest BCUT2D eigenvalue weighted by Gasteiger charge is -2.26. The fraction of sp³-hybridized carbons (Fsp3) is 0.480. The molecule has 2 aromatic rings. The molecule has 1 N–H and O–H groups in total. The van der Waals surface area contributed by atoms with Crippen LogP contribution < -0.4 is 0 Å². The summed E-state index contributed by atoms with van der Waals surface area (Å²) in [4.78, 5) is 21.2. The van der Waals surface area contributed by atoms with Crippen molar-refractivity contribution in [2.24, 2.45) is 0 Å². The Morgan fingerprint density at radius 3 is 2.67 bits per heavy atom. The predicted molar refractivity (Wildman–Crippen MR) is 124 cm³/mol. The molecule has 0 amide bonds. The first-order valence-electron chi connectivity index (χ1n) is 10.7. The zero-order valence-corrected chi connectivity index (χ0v) is 19.7. The molecular weight excluding hydrogens is 390 g/mol. The lowest BCUT2D eigenvalue weighted by atomic mass is 9.79. The number of thioether (sulfide) groups is 1. The van der Waals surface area contributed by atoms with Crippen LogP contribution in [0, 0.1) is 5.41 Å². The van der Waals surface area contributed by atoms with Crippen molar-refractivity contribution in [3.05, 3.63) is 57.9 Å². The van der Waals surface area contributed by atoms with Crippen LogP contribution in [0.4, 0.5) is 0 Å². The Labute approximate surface area is 184 Å². The van der Waals surface area contributed by atoms with Gasteiger partial charge in [-0.05, 0) is 41.2 Å². The third-order valence-electron chi connectivity index (χ3n) is 6.16. The number of amidine groups is 1. The fourth-order valence-corrected chi connectivity index (χ4v) is 5.90. The number of hydrogen-bond donors (Lipinski definition) is 1. The highest BCUT2D eigenvalue weighted by Crippen LogP contribution is 2.48. The van der Waals surface area contributed by atoms with Gasteiger partial charge in [0, 0.05) is 39.4 Å². The quantitative estimate of drug-likeness (QED) is 0.676. The molecule has 30 heavy (non-hydrogen) atoms. The first-order chi connectivity index (χ1) is 14.0. The standard InChI is InChI=1S/C25H31N3OS/c1-7-17-9-8-15-12-28(23(26)21(15)27-17)13-20(29)16-10-18(24(2,3)4)22-19(11-16)25(5,6)14-30-22/h8-11,26H,7,12-14H2,1-6H3. The maximum atomic E-state index is 13.3. The third-order valence-corrected chi connectivity index (χ3v) is 7.75. The molecule has 3 heterocycles. The Balaban J connectivity index is 1.64. The molecule has 1 aromatic heterocycles. The molecule has 0 aliphatic carbocycles. The number of aromatic nitrogens is 1. The minimum atomic E-state index is -0.0230. The van der Waals surface area contributed by atoms with Gasteiger partial charge in [0.2, 0.25) is 0 Å². The molecular formula is C25H31N3OS. The summed E-state index contributed by atoms with van der Waals surface area (Å²) in [7, 11) is 0. The molecule has 0 saturated heterocycles. The molecule has 0 fully saturated rings. The lowest BCUT2D eigenvalue weighted by molar-refractivity contribution is 0.0962. The van der Waals surface area contributed by atoms with Crippen LogP contribution in [-0.4, -0.2) is 33.8 Å². The summed E-state index contributed by atoms with van der Waals surface area (Å²) >= 11 is 1.91. The minimum Gasteiger partial charge on any atom is -0.343 e. The Morgan fingerprint density at radius 2 is 2.00 bits per heavy atom. The highest BCUT2D eigenvalue weighted by atomic mass is 32.2. The highest BCUT2D eigenvalue weighted by Gasteiger charge is 2.36. The summed E-state index contributed by atoms with van der Waals surface area (Å²) in [6, 6.07) is 8.27. The van der Waals surface area contributed by atoms with Gasteiger partial charge < -0.3 is 4.90 Å². The van der Waals surface area contributed by atoms with E-state index in [1.807, 2.05) is 28.8 Å². The molecule has 0 saturated carbocycles. The van der Waals surface area contributed by atoms with Crippen molar-refractivity contribution in [2.45, 2.75) is 70.2 Å². The number of carbonyl (C=O) groups is 1. The Kier molecular flexibility index (Phi) is 5.08. The molecule has 4 rings (SSSR count). The van der Waals surface area contributed by atoms with Crippen molar-refractivity contribution in [3.63, 3.8) is 0 Å². The molecule has 5 heteroatoms. The topological polar surface area (TPSA) is 57.1 Å². The fourth-order valence-electron chi connectivity index (χ4n) is 4.23. The van der Waals surface area contributed by atoms with E-state index < -0.39 is 0 Å². The SMILES string of the molecule is CCc1ccc2c(n1)C(=N)N(CC(=O)c1cc(C(C)(C)C)c3c(c1)C(C)(C)CS3)C2. The average Bonchev–Trinajstić information content (AvgIpc) is 3.16. The van der Waals surface area contributed by atoms with Gasteiger partial charge >= 0.3 is 0 Å². The predicted octanol–water partition coefficient (Wildman–Crippen LogP) is 5.35. The van der Waals surface area contributed by atoms with E-state index in [0.717, 1.165) is 34.7 Å². The lowest BCUT2D eigenvalue weighted by Crippen LogP contribution is -2.31. The smallest absolute Gasteiger partial charge is 0.182 e. The second-order valence-corrected chi connectivity index (χ2v) is 11.1. The number of nitrogens with one attached hydrogen (secondary N) is 1. The number of rotatable bonds is 4. The number of Topliss-reactive ketones (excluding diaryl/α,β-unsaturated/α-hetero) is 1. The Hall–Kier alpha value is -2.14. The number of nitrogens with zero attached hydrogens (tertiary/aromatic N) is 2. The molecule has 0 unspecified atom stereocenters. The average molecular weight is 422 g/mol. The van der Waals surface area contributed by atoms with Gasteiger partial charge in [-0.3, -0.25) is 10.2 Å². The largest absolute Gasteiger partial charge is 0.343 e.